The first-order chi connectivity index (χ1) is 15.0. The Kier molecular flexibility index (Phi) is 9.12. The molecule has 3 rings (SSSR count). The first kappa shape index (κ1) is 24.0. The standard InChI is InChI=1S/C28H37F3/c1-2-3-4-7-22-10-12-23(13-11-22)8-5-6-9-24-14-16-25(17-15-24)26-18-20-27(21-19-26)28(29,30)31/h5,8,18-25H,2-4,7,10-17H2,1H3/b8-5+. The predicted molar refractivity (Wildman–Crippen MR) is 123 cm³/mol. The van der Waals surface area contributed by atoms with E-state index >= 15 is 0 Å². The zero-order valence-electron chi connectivity index (χ0n) is 18.9. The summed E-state index contributed by atoms with van der Waals surface area (Å²) in [7, 11) is 0. The molecule has 2 saturated carbocycles. The Morgan fingerprint density at radius 1 is 0.903 bits per heavy atom. The highest BCUT2D eigenvalue weighted by atomic mass is 19.4. The van der Waals surface area contributed by atoms with Crippen molar-refractivity contribution in [3.05, 3.63) is 47.5 Å². The second-order valence-electron chi connectivity index (χ2n) is 9.59. The second-order valence-corrected chi connectivity index (χ2v) is 9.59. The van der Waals surface area contributed by atoms with Crippen molar-refractivity contribution in [1.29, 1.82) is 0 Å². The number of hydrogen-bond acceptors (Lipinski definition) is 0. The lowest BCUT2D eigenvalue weighted by molar-refractivity contribution is -0.137. The summed E-state index contributed by atoms with van der Waals surface area (Å²) in [6.07, 6.45) is 15.1. The van der Waals surface area contributed by atoms with E-state index in [0.29, 0.717) is 17.8 Å². The fraction of sp³-hybridized carbons (Fsp3) is 0.643. The summed E-state index contributed by atoms with van der Waals surface area (Å²) in [6, 6.07) is 5.73. The SMILES string of the molecule is CCCCCC1CCC(/C=C/C#CC2CCC(c3ccc(C(F)(F)F)cc3)CC2)CC1. The van der Waals surface area contributed by atoms with Crippen LogP contribution in [0, 0.1) is 29.6 Å². The maximum Gasteiger partial charge on any atom is 0.416 e. The van der Waals surface area contributed by atoms with Gasteiger partial charge in [-0.2, -0.15) is 13.2 Å². The Morgan fingerprint density at radius 3 is 2.19 bits per heavy atom. The third-order valence-electron chi connectivity index (χ3n) is 7.28. The number of benzene rings is 1. The largest absolute Gasteiger partial charge is 0.416 e. The van der Waals surface area contributed by atoms with E-state index < -0.39 is 11.7 Å². The van der Waals surface area contributed by atoms with Gasteiger partial charge in [-0.15, -0.1) is 0 Å². The van der Waals surface area contributed by atoms with E-state index in [2.05, 4.69) is 30.9 Å². The van der Waals surface area contributed by atoms with Crippen LogP contribution in [0.3, 0.4) is 0 Å². The minimum absolute atomic E-state index is 0.364. The molecule has 0 heterocycles. The van der Waals surface area contributed by atoms with Gasteiger partial charge in [0.25, 0.3) is 0 Å². The minimum Gasteiger partial charge on any atom is -0.166 e. The summed E-state index contributed by atoms with van der Waals surface area (Å²) >= 11 is 0. The number of halogens is 3. The van der Waals surface area contributed by atoms with Crippen molar-refractivity contribution in [3.63, 3.8) is 0 Å². The Morgan fingerprint density at radius 2 is 1.58 bits per heavy atom. The normalized spacial score (nSPS) is 27.1. The first-order valence-corrected chi connectivity index (χ1v) is 12.3. The van der Waals surface area contributed by atoms with E-state index in [1.807, 2.05) is 0 Å². The number of hydrogen-bond donors (Lipinski definition) is 0. The van der Waals surface area contributed by atoms with Crippen molar-refractivity contribution in [2.24, 2.45) is 17.8 Å². The van der Waals surface area contributed by atoms with E-state index in [1.165, 1.54) is 63.5 Å². The molecule has 2 aliphatic rings. The molecule has 0 aliphatic heterocycles. The van der Waals surface area contributed by atoms with Crippen molar-refractivity contribution in [2.45, 2.75) is 96.1 Å². The molecule has 2 aliphatic carbocycles. The number of rotatable bonds is 6. The molecule has 0 amide bonds. The quantitative estimate of drug-likeness (QED) is 0.312. The molecular weight excluding hydrogens is 393 g/mol. The number of allylic oxidation sites excluding steroid dienone is 2. The Labute approximate surface area is 186 Å². The van der Waals surface area contributed by atoms with Gasteiger partial charge in [0.05, 0.1) is 5.56 Å². The third-order valence-corrected chi connectivity index (χ3v) is 7.28. The van der Waals surface area contributed by atoms with Crippen molar-refractivity contribution < 1.29 is 13.2 Å². The Hall–Kier alpha value is -1.69. The van der Waals surface area contributed by atoms with Crippen LogP contribution in [0.1, 0.15) is 101 Å². The average Bonchev–Trinajstić information content (AvgIpc) is 2.78. The summed E-state index contributed by atoms with van der Waals surface area (Å²) in [6.45, 7) is 2.27. The molecule has 0 bridgehead atoms. The molecule has 2 fully saturated rings. The lowest BCUT2D eigenvalue weighted by Crippen LogP contribution is -2.13. The molecule has 170 valence electrons. The fourth-order valence-electron chi connectivity index (χ4n) is 5.22. The van der Waals surface area contributed by atoms with Gasteiger partial charge in [-0.25, -0.2) is 0 Å². The number of unbranched alkanes of at least 4 members (excludes halogenated alkanes) is 2. The highest BCUT2D eigenvalue weighted by molar-refractivity contribution is 5.28. The molecule has 0 aromatic heterocycles. The topological polar surface area (TPSA) is 0 Å². The van der Waals surface area contributed by atoms with Crippen LogP contribution < -0.4 is 0 Å². The summed E-state index contributed by atoms with van der Waals surface area (Å²) < 4.78 is 38.2. The summed E-state index contributed by atoms with van der Waals surface area (Å²) in [5, 5.41) is 0. The molecule has 1 aromatic rings. The van der Waals surface area contributed by atoms with E-state index in [-0.39, 0.29) is 0 Å². The van der Waals surface area contributed by atoms with Crippen molar-refractivity contribution in [1.82, 2.24) is 0 Å². The van der Waals surface area contributed by atoms with Gasteiger partial charge in [0.1, 0.15) is 0 Å². The van der Waals surface area contributed by atoms with Gasteiger partial charge in [0, 0.05) is 5.92 Å². The lowest BCUT2D eigenvalue weighted by Gasteiger charge is -2.26. The molecule has 0 nitrogen and oxygen atoms in total. The molecule has 0 unspecified atom stereocenters. The average molecular weight is 431 g/mol. The lowest BCUT2D eigenvalue weighted by atomic mass is 9.78. The van der Waals surface area contributed by atoms with Crippen LogP contribution in [-0.2, 0) is 6.18 Å². The summed E-state index contributed by atoms with van der Waals surface area (Å²) in [5.41, 5.74) is 0.470. The van der Waals surface area contributed by atoms with Crippen molar-refractivity contribution >= 4 is 0 Å². The minimum atomic E-state index is -4.26. The van der Waals surface area contributed by atoms with Gasteiger partial charge >= 0.3 is 6.18 Å². The van der Waals surface area contributed by atoms with Gasteiger partial charge in [0.15, 0.2) is 0 Å². The smallest absolute Gasteiger partial charge is 0.166 e. The van der Waals surface area contributed by atoms with E-state index in [9.17, 15) is 13.2 Å². The Balaban J connectivity index is 1.37. The molecular formula is C28H37F3. The fourth-order valence-corrected chi connectivity index (χ4v) is 5.22. The van der Waals surface area contributed by atoms with E-state index in [4.69, 9.17) is 0 Å². The highest BCUT2D eigenvalue weighted by Gasteiger charge is 2.30. The molecule has 0 N–H and O–H groups in total. The van der Waals surface area contributed by atoms with Crippen LogP contribution in [0.5, 0.6) is 0 Å². The van der Waals surface area contributed by atoms with Gasteiger partial charge in [-0.3, -0.25) is 0 Å². The second kappa shape index (κ2) is 11.8. The molecule has 31 heavy (non-hydrogen) atoms. The molecule has 0 spiro atoms. The highest BCUT2D eigenvalue weighted by Crippen LogP contribution is 2.37. The van der Waals surface area contributed by atoms with Crippen LogP contribution in [0.2, 0.25) is 0 Å². The van der Waals surface area contributed by atoms with Gasteiger partial charge in [-0.05, 0) is 92.9 Å². The van der Waals surface area contributed by atoms with Crippen LogP contribution >= 0.6 is 0 Å². The van der Waals surface area contributed by atoms with Crippen LogP contribution in [0.25, 0.3) is 0 Å². The van der Waals surface area contributed by atoms with Crippen LogP contribution in [-0.4, -0.2) is 0 Å². The maximum atomic E-state index is 12.7. The Bertz CT molecular complexity index is 731. The third kappa shape index (κ3) is 7.74. The van der Waals surface area contributed by atoms with Gasteiger partial charge in [0.2, 0.25) is 0 Å². The molecule has 1 aromatic carbocycles. The molecule has 0 atom stereocenters. The maximum absolute atomic E-state index is 12.7. The first-order valence-electron chi connectivity index (χ1n) is 12.3. The summed E-state index contributed by atoms with van der Waals surface area (Å²) in [5.74, 6) is 9.13. The van der Waals surface area contributed by atoms with Crippen LogP contribution in [0.4, 0.5) is 13.2 Å². The zero-order chi connectivity index (χ0) is 22.1. The van der Waals surface area contributed by atoms with E-state index in [1.54, 1.807) is 12.1 Å². The van der Waals surface area contributed by atoms with Gasteiger partial charge in [-0.1, -0.05) is 62.7 Å². The predicted octanol–water partition coefficient (Wildman–Crippen LogP) is 8.93. The molecule has 0 saturated heterocycles. The van der Waals surface area contributed by atoms with E-state index in [0.717, 1.165) is 37.2 Å². The van der Waals surface area contributed by atoms with Gasteiger partial charge < -0.3 is 0 Å². The summed E-state index contributed by atoms with van der Waals surface area (Å²) in [4.78, 5) is 0. The molecule has 0 radical (unpaired) electrons. The van der Waals surface area contributed by atoms with Crippen LogP contribution in [0.15, 0.2) is 36.4 Å². The zero-order valence-corrected chi connectivity index (χ0v) is 18.9. The van der Waals surface area contributed by atoms with Crippen molar-refractivity contribution in [2.75, 3.05) is 0 Å². The number of alkyl halides is 3. The molecule has 3 heteroatoms. The monoisotopic (exact) mass is 430 g/mol. The van der Waals surface area contributed by atoms with Crippen molar-refractivity contribution in [3.8, 4) is 11.8 Å².